The molecule has 2 aliphatic heterocycles. The van der Waals surface area contributed by atoms with Crippen LogP contribution in [0.15, 0.2) is 55.1 Å². The average Bonchev–Trinajstić information content (AvgIpc) is 3.77. The minimum atomic E-state index is -0.0952. The Balaban J connectivity index is 1.22. The number of hydrogen-bond acceptors (Lipinski definition) is 9. The van der Waals surface area contributed by atoms with Crippen molar-refractivity contribution in [3.05, 3.63) is 72.2 Å². The molecule has 2 saturated heterocycles. The number of fused-ring (bicyclic) bond motifs is 3. The van der Waals surface area contributed by atoms with Gasteiger partial charge in [-0.05, 0) is 56.0 Å². The zero-order chi connectivity index (χ0) is 28.8. The van der Waals surface area contributed by atoms with E-state index in [-0.39, 0.29) is 29.7 Å². The SMILES string of the molecule is COCc1c([C@@H]2C[C@H]3CC[C@@H](C2)N3C(=O)c2nnc[nH]2)nc2c(-c3ccc(-c4ccc(OC)cc4)nc3)cnn2c1N. The van der Waals surface area contributed by atoms with E-state index >= 15 is 0 Å². The van der Waals surface area contributed by atoms with Crippen molar-refractivity contribution in [3.8, 4) is 28.1 Å². The normalized spacial score (nSPS) is 19.9. The van der Waals surface area contributed by atoms with Gasteiger partial charge in [0.25, 0.3) is 5.91 Å². The fourth-order valence-corrected chi connectivity index (χ4v) is 6.55. The van der Waals surface area contributed by atoms with E-state index in [4.69, 9.17) is 25.2 Å². The second-order valence-corrected chi connectivity index (χ2v) is 10.9. The molecule has 0 radical (unpaired) electrons. The van der Waals surface area contributed by atoms with E-state index in [1.165, 1.54) is 6.33 Å². The third-order valence-electron chi connectivity index (χ3n) is 8.54. The number of nitrogens with zero attached hydrogens (tertiary/aromatic N) is 7. The molecule has 2 aliphatic rings. The number of nitrogens with one attached hydrogen (secondary N) is 1. The van der Waals surface area contributed by atoms with E-state index < -0.39 is 0 Å². The van der Waals surface area contributed by atoms with Gasteiger partial charge in [-0.15, -0.1) is 10.2 Å². The van der Waals surface area contributed by atoms with Gasteiger partial charge in [-0.25, -0.2) is 4.98 Å². The number of ether oxygens (including phenoxy) is 2. The number of aromatic nitrogens is 7. The molecule has 3 atom stereocenters. The van der Waals surface area contributed by atoms with Crippen molar-refractivity contribution in [3.63, 3.8) is 0 Å². The zero-order valence-electron chi connectivity index (χ0n) is 23.4. The first kappa shape index (κ1) is 26.1. The number of nitrogens with two attached hydrogens (primary N) is 1. The summed E-state index contributed by atoms with van der Waals surface area (Å²) in [5.74, 6) is 1.62. The Morgan fingerprint density at radius 3 is 2.45 bits per heavy atom. The number of amides is 1. The summed E-state index contributed by atoms with van der Waals surface area (Å²) in [6, 6.07) is 12.0. The molecule has 12 heteroatoms. The minimum Gasteiger partial charge on any atom is -0.497 e. The Hall–Kier alpha value is -4.84. The standard InChI is InChI=1S/C30H31N9O3/c1-41-15-24-26(19-11-20-6-7-21(12-19)38(20)30(40)28-33-16-34-37-28)36-29-23(14-35-39(29)27(24)31)18-5-10-25(32-13-18)17-3-8-22(42-2)9-4-17/h3-5,8-10,13-14,16,19-21H,6-7,11-12,15,31H2,1-2H3,(H,33,34,37)/t19-,20-,21+. The summed E-state index contributed by atoms with van der Waals surface area (Å²) in [5, 5.41) is 12.3. The molecule has 3 N–H and O–H groups in total. The van der Waals surface area contributed by atoms with E-state index in [1.54, 1.807) is 24.9 Å². The maximum absolute atomic E-state index is 13.2. The molecular weight excluding hydrogens is 534 g/mol. The predicted molar refractivity (Wildman–Crippen MR) is 155 cm³/mol. The molecule has 4 aromatic heterocycles. The molecule has 0 aliphatic carbocycles. The van der Waals surface area contributed by atoms with E-state index in [0.29, 0.717) is 18.1 Å². The van der Waals surface area contributed by atoms with Gasteiger partial charge in [0.2, 0.25) is 5.82 Å². The molecular formula is C30H31N9O3. The van der Waals surface area contributed by atoms with Gasteiger partial charge >= 0.3 is 0 Å². The van der Waals surface area contributed by atoms with Crippen LogP contribution in [0.3, 0.4) is 0 Å². The van der Waals surface area contributed by atoms with E-state index in [9.17, 15) is 4.79 Å². The molecule has 42 heavy (non-hydrogen) atoms. The molecule has 0 spiro atoms. The Morgan fingerprint density at radius 2 is 1.81 bits per heavy atom. The molecule has 2 fully saturated rings. The third-order valence-corrected chi connectivity index (χ3v) is 8.54. The first-order valence-corrected chi connectivity index (χ1v) is 14.0. The van der Waals surface area contributed by atoms with Crippen LogP contribution in [0.2, 0.25) is 0 Å². The van der Waals surface area contributed by atoms with E-state index in [2.05, 4.69) is 20.3 Å². The number of aromatic amines is 1. The molecule has 2 bridgehead atoms. The van der Waals surface area contributed by atoms with Gasteiger partial charge in [0.05, 0.1) is 31.3 Å². The van der Waals surface area contributed by atoms with Crippen LogP contribution in [0.5, 0.6) is 5.75 Å². The fourth-order valence-electron chi connectivity index (χ4n) is 6.55. The third kappa shape index (κ3) is 4.35. The Morgan fingerprint density at radius 1 is 1.05 bits per heavy atom. The minimum absolute atomic E-state index is 0.0952. The van der Waals surface area contributed by atoms with Crippen LogP contribution in [0.25, 0.3) is 28.0 Å². The van der Waals surface area contributed by atoms with Crippen LogP contribution in [0, 0.1) is 0 Å². The van der Waals surface area contributed by atoms with Gasteiger partial charge in [0.1, 0.15) is 17.9 Å². The van der Waals surface area contributed by atoms with E-state index in [0.717, 1.165) is 65.1 Å². The number of piperidine rings is 1. The summed E-state index contributed by atoms with van der Waals surface area (Å²) in [6.07, 6.45) is 8.53. The lowest BCUT2D eigenvalue weighted by Gasteiger charge is -2.38. The molecule has 5 aromatic rings. The lowest BCUT2D eigenvalue weighted by molar-refractivity contribution is 0.0556. The van der Waals surface area contributed by atoms with Gasteiger partial charge in [0, 0.05) is 53.6 Å². The number of nitrogen functional groups attached to an aromatic ring is 1. The molecule has 214 valence electrons. The van der Waals surface area contributed by atoms with Crippen molar-refractivity contribution in [2.24, 2.45) is 0 Å². The van der Waals surface area contributed by atoms with Crippen LogP contribution in [-0.4, -0.2) is 71.9 Å². The Bertz CT molecular complexity index is 1720. The lowest BCUT2D eigenvalue weighted by atomic mass is 9.86. The Kier molecular flexibility index (Phi) is 6.54. The van der Waals surface area contributed by atoms with E-state index in [1.807, 2.05) is 47.5 Å². The summed E-state index contributed by atoms with van der Waals surface area (Å²) in [7, 11) is 3.30. The molecule has 7 rings (SSSR count). The molecule has 0 unspecified atom stereocenters. The number of pyridine rings is 1. The summed E-state index contributed by atoms with van der Waals surface area (Å²) in [6.45, 7) is 0.323. The highest BCUT2D eigenvalue weighted by atomic mass is 16.5. The largest absolute Gasteiger partial charge is 0.497 e. The summed E-state index contributed by atoms with van der Waals surface area (Å²) < 4.78 is 12.5. The van der Waals surface area contributed by atoms with Crippen LogP contribution in [0.1, 0.15) is 53.5 Å². The number of carbonyl (C=O) groups excluding carboxylic acids is 1. The van der Waals surface area contributed by atoms with Crippen LogP contribution < -0.4 is 10.5 Å². The first-order valence-electron chi connectivity index (χ1n) is 14.0. The topological polar surface area (TPSA) is 149 Å². The molecule has 1 amide bonds. The van der Waals surface area contributed by atoms with Gasteiger partial charge in [-0.2, -0.15) is 9.61 Å². The number of rotatable bonds is 7. The van der Waals surface area contributed by atoms with Crippen molar-refractivity contribution in [2.45, 2.75) is 50.3 Å². The predicted octanol–water partition coefficient (Wildman–Crippen LogP) is 3.86. The van der Waals surface area contributed by atoms with Crippen molar-refractivity contribution >= 4 is 17.4 Å². The maximum atomic E-state index is 13.2. The summed E-state index contributed by atoms with van der Waals surface area (Å²) in [5.41, 5.74) is 12.8. The second kappa shape index (κ2) is 10.5. The Labute approximate surface area is 241 Å². The van der Waals surface area contributed by atoms with Crippen LogP contribution in [-0.2, 0) is 11.3 Å². The summed E-state index contributed by atoms with van der Waals surface area (Å²) in [4.78, 5) is 27.9. The van der Waals surface area contributed by atoms with Crippen molar-refractivity contribution in [1.82, 2.24) is 39.7 Å². The van der Waals surface area contributed by atoms with Gasteiger partial charge in [-0.3, -0.25) is 9.78 Å². The number of hydrogen-bond donors (Lipinski definition) is 2. The molecule has 1 aromatic carbocycles. The van der Waals surface area contributed by atoms with Crippen molar-refractivity contribution < 1.29 is 14.3 Å². The van der Waals surface area contributed by atoms with Crippen molar-refractivity contribution in [1.29, 1.82) is 0 Å². The van der Waals surface area contributed by atoms with Crippen molar-refractivity contribution in [2.75, 3.05) is 20.0 Å². The quantitative estimate of drug-likeness (QED) is 0.300. The highest BCUT2D eigenvalue weighted by Crippen LogP contribution is 2.45. The average molecular weight is 566 g/mol. The van der Waals surface area contributed by atoms with Gasteiger partial charge < -0.3 is 25.1 Å². The van der Waals surface area contributed by atoms with Crippen LogP contribution >= 0.6 is 0 Å². The monoisotopic (exact) mass is 565 g/mol. The number of carbonyl (C=O) groups is 1. The van der Waals surface area contributed by atoms with Crippen LogP contribution in [0.4, 0.5) is 5.82 Å². The molecule has 12 nitrogen and oxygen atoms in total. The number of benzene rings is 1. The first-order chi connectivity index (χ1) is 20.6. The van der Waals surface area contributed by atoms with Gasteiger partial charge in [-0.1, -0.05) is 6.07 Å². The lowest BCUT2D eigenvalue weighted by Crippen LogP contribution is -2.46. The maximum Gasteiger partial charge on any atom is 0.292 e. The number of methoxy groups -OCH3 is 2. The molecule has 6 heterocycles. The number of H-pyrrole nitrogens is 1. The summed E-state index contributed by atoms with van der Waals surface area (Å²) >= 11 is 0. The molecule has 0 saturated carbocycles. The highest BCUT2D eigenvalue weighted by Gasteiger charge is 2.45. The highest BCUT2D eigenvalue weighted by molar-refractivity contribution is 5.91. The number of anilines is 1. The smallest absolute Gasteiger partial charge is 0.292 e. The zero-order valence-corrected chi connectivity index (χ0v) is 23.4. The fraction of sp³-hybridized carbons (Fsp3) is 0.333. The van der Waals surface area contributed by atoms with Gasteiger partial charge in [0.15, 0.2) is 5.65 Å². The second-order valence-electron chi connectivity index (χ2n) is 10.9.